The Hall–Kier alpha value is -4.04. The monoisotopic (exact) mass is 596 g/mol. The molecule has 36 heavy (non-hydrogen) atoms. The van der Waals surface area contributed by atoms with Crippen molar-refractivity contribution in [2.45, 2.75) is 20.0 Å². The summed E-state index contributed by atoms with van der Waals surface area (Å²) in [5.74, 6) is -0.455. The van der Waals surface area contributed by atoms with E-state index in [4.69, 9.17) is 15.7 Å². The van der Waals surface area contributed by atoms with Gasteiger partial charge in [0.1, 0.15) is 11.9 Å². The smallest absolute Gasteiger partial charge is 0.412 e. The SMILES string of the molecule is CC(C)(/C=C/C(=O)Nc1ccccc1N)[C@@H](OC(=O)Nc1ccc(C#N)cc1)c1cc(I)ccc1O. The second-order valence-electron chi connectivity index (χ2n) is 8.53. The van der Waals surface area contributed by atoms with Crippen LogP contribution in [0, 0.1) is 20.3 Å². The Balaban J connectivity index is 1.84. The van der Waals surface area contributed by atoms with Crippen molar-refractivity contribution >= 4 is 51.7 Å². The minimum absolute atomic E-state index is 0.0467. The second-order valence-corrected chi connectivity index (χ2v) is 9.78. The van der Waals surface area contributed by atoms with E-state index in [0.717, 1.165) is 3.57 Å². The highest BCUT2D eigenvalue weighted by molar-refractivity contribution is 14.1. The molecule has 0 aliphatic heterocycles. The molecule has 0 radical (unpaired) electrons. The molecule has 5 N–H and O–H groups in total. The molecule has 0 aromatic heterocycles. The summed E-state index contributed by atoms with van der Waals surface area (Å²) in [7, 11) is 0. The number of rotatable bonds is 7. The number of phenolic OH excluding ortho intramolecular Hbond substituents is 1. The van der Waals surface area contributed by atoms with Gasteiger partial charge in [-0.25, -0.2) is 4.79 Å². The molecular formula is C27H25IN4O4. The van der Waals surface area contributed by atoms with Crippen molar-refractivity contribution in [3.63, 3.8) is 0 Å². The summed E-state index contributed by atoms with van der Waals surface area (Å²) in [5, 5.41) is 24.9. The van der Waals surface area contributed by atoms with Gasteiger partial charge in [-0.05, 0) is 83.3 Å². The molecule has 3 aromatic carbocycles. The van der Waals surface area contributed by atoms with E-state index in [0.29, 0.717) is 28.2 Å². The number of nitrogens with two attached hydrogens (primary N) is 1. The molecular weight excluding hydrogens is 571 g/mol. The van der Waals surface area contributed by atoms with Crippen LogP contribution in [0.3, 0.4) is 0 Å². The van der Waals surface area contributed by atoms with Crippen LogP contribution in [0.15, 0.2) is 78.9 Å². The number of nitrogen functional groups attached to an aromatic ring is 1. The Bertz CT molecular complexity index is 1330. The maximum atomic E-state index is 12.8. The summed E-state index contributed by atoms with van der Waals surface area (Å²) in [4.78, 5) is 25.4. The minimum Gasteiger partial charge on any atom is -0.508 e. The van der Waals surface area contributed by atoms with Crippen molar-refractivity contribution in [3.05, 3.63) is 93.6 Å². The molecule has 0 spiro atoms. The normalized spacial score (nSPS) is 11.9. The number of hydrogen-bond donors (Lipinski definition) is 4. The van der Waals surface area contributed by atoms with Gasteiger partial charge in [-0.15, -0.1) is 0 Å². The van der Waals surface area contributed by atoms with Crippen LogP contribution in [0.1, 0.15) is 31.1 Å². The van der Waals surface area contributed by atoms with Gasteiger partial charge in [-0.1, -0.05) is 32.1 Å². The number of nitrogens with one attached hydrogen (secondary N) is 2. The number of benzene rings is 3. The quantitative estimate of drug-likeness (QED) is 0.151. The summed E-state index contributed by atoms with van der Waals surface area (Å²) in [6, 6.07) is 20.2. The molecule has 184 valence electrons. The van der Waals surface area contributed by atoms with E-state index < -0.39 is 23.5 Å². The first-order valence-corrected chi connectivity index (χ1v) is 12.0. The number of anilines is 3. The number of amides is 2. The third kappa shape index (κ3) is 6.99. The van der Waals surface area contributed by atoms with Crippen LogP contribution in [0.4, 0.5) is 21.9 Å². The maximum Gasteiger partial charge on any atom is 0.412 e. The molecule has 0 saturated heterocycles. The van der Waals surface area contributed by atoms with E-state index in [9.17, 15) is 14.7 Å². The standard InChI is InChI=1S/C27H25IN4O4/c1-27(2,14-13-24(34)32-22-6-4-3-5-21(22)30)25(20-15-18(28)9-12-23(20)33)36-26(35)31-19-10-7-17(16-29)8-11-19/h3-15,25,33H,30H2,1-2H3,(H,31,35)(H,32,34)/b14-13+/t25-/m0/s1. The number of phenols is 1. The number of para-hydroxylation sites is 2. The molecule has 9 heteroatoms. The number of nitrogens with zero attached hydrogens (tertiary/aromatic N) is 1. The van der Waals surface area contributed by atoms with E-state index in [1.807, 2.05) is 6.07 Å². The molecule has 3 rings (SSSR count). The van der Waals surface area contributed by atoms with Gasteiger partial charge < -0.3 is 20.9 Å². The predicted octanol–water partition coefficient (Wildman–Crippen LogP) is 5.96. The predicted molar refractivity (Wildman–Crippen MR) is 147 cm³/mol. The number of ether oxygens (including phenoxy) is 1. The number of carbonyl (C=O) groups excluding carboxylic acids is 2. The van der Waals surface area contributed by atoms with Crippen molar-refractivity contribution in [1.29, 1.82) is 5.26 Å². The second kappa shape index (κ2) is 11.6. The Kier molecular flexibility index (Phi) is 8.55. The lowest BCUT2D eigenvalue weighted by Crippen LogP contribution is -2.28. The van der Waals surface area contributed by atoms with Crippen LogP contribution in [0.2, 0.25) is 0 Å². The van der Waals surface area contributed by atoms with Gasteiger partial charge in [0, 0.05) is 20.2 Å². The molecule has 3 aromatic rings. The maximum absolute atomic E-state index is 12.8. The van der Waals surface area contributed by atoms with Crippen LogP contribution in [-0.4, -0.2) is 17.1 Å². The van der Waals surface area contributed by atoms with Crippen molar-refractivity contribution < 1.29 is 19.4 Å². The number of halogens is 1. The van der Waals surface area contributed by atoms with Crippen LogP contribution in [-0.2, 0) is 9.53 Å². The van der Waals surface area contributed by atoms with Crippen molar-refractivity contribution in [2.75, 3.05) is 16.4 Å². The lowest BCUT2D eigenvalue weighted by atomic mass is 9.81. The minimum atomic E-state index is -0.948. The molecule has 0 bridgehead atoms. The molecule has 0 heterocycles. The van der Waals surface area contributed by atoms with Crippen LogP contribution in [0.5, 0.6) is 5.75 Å². The largest absolute Gasteiger partial charge is 0.508 e. The lowest BCUT2D eigenvalue weighted by molar-refractivity contribution is -0.112. The zero-order valence-corrected chi connectivity index (χ0v) is 21.8. The molecule has 0 saturated carbocycles. The number of nitriles is 1. The average molecular weight is 596 g/mol. The molecule has 0 fully saturated rings. The van der Waals surface area contributed by atoms with Crippen molar-refractivity contribution in [1.82, 2.24) is 0 Å². The number of hydrogen-bond acceptors (Lipinski definition) is 6. The lowest BCUT2D eigenvalue weighted by Gasteiger charge is -2.32. The van der Waals surface area contributed by atoms with E-state index in [-0.39, 0.29) is 5.75 Å². The fourth-order valence-corrected chi connectivity index (χ4v) is 3.91. The van der Waals surface area contributed by atoms with Crippen LogP contribution < -0.4 is 16.4 Å². The van der Waals surface area contributed by atoms with Gasteiger partial charge in [-0.2, -0.15) is 5.26 Å². The average Bonchev–Trinajstić information content (AvgIpc) is 2.85. The van der Waals surface area contributed by atoms with E-state index >= 15 is 0 Å². The molecule has 8 nitrogen and oxygen atoms in total. The van der Waals surface area contributed by atoms with Crippen LogP contribution in [0.25, 0.3) is 0 Å². The van der Waals surface area contributed by atoms with Gasteiger partial charge >= 0.3 is 6.09 Å². The van der Waals surface area contributed by atoms with Gasteiger partial charge in [0.2, 0.25) is 5.91 Å². The van der Waals surface area contributed by atoms with Gasteiger partial charge in [0.05, 0.1) is 23.0 Å². The van der Waals surface area contributed by atoms with Crippen molar-refractivity contribution in [3.8, 4) is 11.8 Å². The van der Waals surface area contributed by atoms with Gasteiger partial charge in [-0.3, -0.25) is 10.1 Å². The Morgan fingerprint density at radius 1 is 1.11 bits per heavy atom. The molecule has 2 amide bonds. The highest BCUT2D eigenvalue weighted by atomic mass is 127. The van der Waals surface area contributed by atoms with E-state index in [1.54, 1.807) is 80.6 Å². The third-order valence-electron chi connectivity index (χ3n) is 5.32. The van der Waals surface area contributed by atoms with Crippen LogP contribution >= 0.6 is 22.6 Å². The van der Waals surface area contributed by atoms with Gasteiger partial charge in [0.25, 0.3) is 0 Å². The van der Waals surface area contributed by atoms with E-state index in [2.05, 4.69) is 33.2 Å². The first kappa shape index (κ1) is 26.6. The fourth-order valence-electron chi connectivity index (χ4n) is 3.40. The Morgan fingerprint density at radius 2 is 1.81 bits per heavy atom. The zero-order chi connectivity index (χ0) is 26.3. The molecule has 0 aliphatic carbocycles. The van der Waals surface area contributed by atoms with Gasteiger partial charge in [0.15, 0.2) is 0 Å². The first-order chi connectivity index (χ1) is 17.1. The first-order valence-electron chi connectivity index (χ1n) is 10.9. The summed E-state index contributed by atoms with van der Waals surface area (Å²) >= 11 is 2.10. The Labute approximate surface area is 222 Å². The van der Waals surface area contributed by atoms with Crippen molar-refractivity contribution in [2.24, 2.45) is 5.41 Å². The highest BCUT2D eigenvalue weighted by Crippen LogP contribution is 2.42. The third-order valence-corrected chi connectivity index (χ3v) is 5.99. The number of carbonyl (C=O) groups is 2. The molecule has 1 atom stereocenters. The highest BCUT2D eigenvalue weighted by Gasteiger charge is 2.34. The number of aromatic hydroxyl groups is 1. The summed E-state index contributed by atoms with van der Waals surface area (Å²) in [6.07, 6.45) is 1.24. The fraction of sp³-hybridized carbons (Fsp3) is 0.148. The molecule has 0 unspecified atom stereocenters. The summed E-state index contributed by atoms with van der Waals surface area (Å²) in [6.45, 7) is 3.57. The Morgan fingerprint density at radius 3 is 2.47 bits per heavy atom. The molecule has 0 aliphatic rings. The van der Waals surface area contributed by atoms with E-state index in [1.165, 1.54) is 12.1 Å². The summed E-state index contributed by atoms with van der Waals surface area (Å²) < 4.78 is 6.62. The zero-order valence-electron chi connectivity index (χ0n) is 19.7. The summed E-state index contributed by atoms with van der Waals surface area (Å²) in [5.41, 5.74) is 7.18. The topological polar surface area (TPSA) is 137 Å².